The molecule has 0 amide bonds. The first-order chi connectivity index (χ1) is 9.36. The molecule has 1 aliphatic heterocycles. The number of alkyl halides is 1. The standard InChI is InChI=1S/C11H13ClN6O/c12-8-9-15-16-11(19-9)18-6-4-17(5-7-18)10-13-2-1-3-14-10/h1-3H,4-8H2. The molecule has 19 heavy (non-hydrogen) atoms. The molecule has 2 aromatic heterocycles. The van der Waals surface area contributed by atoms with Crippen LogP contribution < -0.4 is 9.80 Å². The molecule has 3 heterocycles. The van der Waals surface area contributed by atoms with Gasteiger partial charge in [0.2, 0.25) is 11.8 Å². The third-order valence-corrected chi connectivity index (χ3v) is 3.18. The van der Waals surface area contributed by atoms with Crippen molar-refractivity contribution in [3.05, 3.63) is 24.4 Å². The number of rotatable bonds is 3. The molecule has 0 bridgehead atoms. The van der Waals surface area contributed by atoms with Crippen molar-refractivity contribution in [3.8, 4) is 0 Å². The summed E-state index contributed by atoms with van der Waals surface area (Å²) < 4.78 is 5.44. The van der Waals surface area contributed by atoms with E-state index in [-0.39, 0.29) is 5.88 Å². The summed E-state index contributed by atoms with van der Waals surface area (Å²) in [4.78, 5) is 12.7. The molecule has 0 aliphatic carbocycles. The lowest BCUT2D eigenvalue weighted by Crippen LogP contribution is -2.47. The van der Waals surface area contributed by atoms with Gasteiger partial charge >= 0.3 is 6.01 Å². The van der Waals surface area contributed by atoms with Gasteiger partial charge < -0.3 is 14.2 Å². The van der Waals surface area contributed by atoms with Gasteiger partial charge in [0.05, 0.1) is 0 Å². The van der Waals surface area contributed by atoms with Gasteiger partial charge in [-0.15, -0.1) is 16.7 Å². The van der Waals surface area contributed by atoms with E-state index in [9.17, 15) is 0 Å². The summed E-state index contributed by atoms with van der Waals surface area (Å²) in [6.45, 7) is 3.23. The lowest BCUT2D eigenvalue weighted by Gasteiger charge is -2.33. The summed E-state index contributed by atoms with van der Waals surface area (Å²) in [6.07, 6.45) is 3.50. The van der Waals surface area contributed by atoms with Crippen LogP contribution in [0.1, 0.15) is 5.89 Å². The zero-order valence-corrected chi connectivity index (χ0v) is 11.0. The normalized spacial score (nSPS) is 15.8. The van der Waals surface area contributed by atoms with Gasteiger partial charge in [-0.3, -0.25) is 0 Å². The summed E-state index contributed by atoms with van der Waals surface area (Å²) >= 11 is 5.64. The van der Waals surface area contributed by atoms with Crippen LogP contribution in [-0.4, -0.2) is 46.3 Å². The summed E-state index contributed by atoms with van der Waals surface area (Å²) in [6, 6.07) is 2.34. The quantitative estimate of drug-likeness (QED) is 0.774. The Morgan fingerprint density at radius 1 is 1.05 bits per heavy atom. The number of hydrogen-bond acceptors (Lipinski definition) is 7. The molecule has 1 fully saturated rings. The van der Waals surface area contributed by atoms with E-state index in [0.717, 1.165) is 32.1 Å². The first kappa shape index (κ1) is 12.2. The predicted octanol–water partition coefficient (Wildman–Crippen LogP) is 0.925. The Kier molecular flexibility index (Phi) is 3.45. The highest BCUT2D eigenvalue weighted by Gasteiger charge is 2.22. The maximum atomic E-state index is 5.64. The molecule has 0 saturated carbocycles. The second-order valence-electron chi connectivity index (χ2n) is 4.13. The zero-order chi connectivity index (χ0) is 13.1. The average Bonchev–Trinajstić information content (AvgIpc) is 2.97. The lowest BCUT2D eigenvalue weighted by atomic mass is 10.3. The van der Waals surface area contributed by atoms with Crippen LogP contribution in [0.4, 0.5) is 12.0 Å². The molecule has 1 saturated heterocycles. The van der Waals surface area contributed by atoms with Crippen molar-refractivity contribution >= 4 is 23.6 Å². The molecular formula is C11H13ClN6O. The Hall–Kier alpha value is -1.89. The number of aromatic nitrogens is 4. The van der Waals surface area contributed by atoms with Gasteiger partial charge in [0.15, 0.2) is 0 Å². The minimum absolute atomic E-state index is 0.241. The van der Waals surface area contributed by atoms with E-state index in [1.54, 1.807) is 12.4 Å². The van der Waals surface area contributed by atoms with E-state index in [1.807, 2.05) is 11.0 Å². The number of piperazine rings is 1. The SMILES string of the molecule is ClCc1nnc(N2CCN(c3ncccn3)CC2)o1. The highest BCUT2D eigenvalue weighted by molar-refractivity contribution is 6.16. The van der Waals surface area contributed by atoms with E-state index in [4.69, 9.17) is 16.0 Å². The Bertz CT molecular complexity index is 525. The lowest BCUT2D eigenvalue weighted by molar-refractivity contribution is 0.487. The van der Waals surface area contributed by atoms with Crippen molar-refractivity contribution in [2.45, 2.75) is 5.88 Å². The first-order valence-corrected chi connectivity index (χ1v) is 6.55. The fraction of sp³-hybridized carbons (Fsp3) is 0.455. The van der Waals surface area contributed by atoms with Gasteiger partial charge in [-0.25, -0.2) is 9.97 Å². The van der Waals surface area contributed by atoms with Gasteiger partial charge in [-0.1, -0.05) is 5.10 Å². The van der Waals surface area contributed by atoms with Crippen molar-refractivity contribution in [3.63, 3.8) is 0 Å². The first-order valence-electron chi connectivity index (χ1n) is 6.02. The maximum absolute atomic E-state index is 5.64. The van der Waals surface area contributed by atoms with Gasteiger partial charge in [-0.2, -0.15) is 0 Å². The zero-order valence-electron chi connectivity index (χ0n) is 10.2. The molecule has 0 spiro atoms. The van der Waals surface area contributed by atoms with E-state index in [1.165, 1.54) is 0 Å². The van der Waals surface area contributed by atoms with Crippen LogP contribution in [0.5, 0.6) is 0 Å². The van der Waals surface area contributed by atoms with Crippen molar-refractivity contribution < 1.29 is 4.42 Å². The second-order valence-corrected chi connectivity index (χ2v) is 4.40. The fourth-order valence-electron chi connectivity index (χ4n) is 1.98. The van der Waals surface area contributed by atoms with Crippen molar-refractivity contribution in [1.29, 1.82) is 0 Å². The molecule has 2 aromatic rings. The monoisotopic (exact) mass is 280 g/mol. The van der Waals surface area contributed by atoms with Crippen LogP contribution in [-0.2, 0) is 5.88 Å². The molecule has 0 atom stereocenters. The number of halogens is 1. The van der Waals surface area contributed by atoms with Crippen LogP contribution in [0.2, 0.25) is 0 Å². The highest BCUT2D eigenvalue weighted by atomic mass is 35.5. The molecule has 0 unspecified atom stereocenters. The molecule has 0 aromatic carbocycles. The van der Waals surface area contributed by atoms with E-state index < -0.39 is 0 Å². The largest absolute Gasteiger partial charge is 0.407 e. The van der Waals surface area contributed by atoms with Gasteiger partial charge in [0, 0.05) is 38.6 Å². The Balaban J connectivity index is 1.63. The minimum Gasteiger partial charge on any atom is -0.407 e. The van der Waals surface area contributed by atoms with Crippen LogP contribution in [0, 0.1) is 0 Å². The molecule has 0 N–H and O–H groups in total. The number of hydrogen-bond donors (Lipinski definition) is 0. The van der Waals surface area contributed by atoms with Gasteiger partial charge in [0.1, 0.15) is 5.88 Å². The number of nitrogens with zero attached hydrogens (tertiary/aromatic N) is 6. The molecule has 7 nitrogen and oxygen atoms in total. The summed E-state index contributed by atoms with van der Waals surface area (Å²) in [5, 5.41) is 7.84. The van der Waals surface area contributed by atoms with Crippen molar-refractivity contribution in [2.75, 3.05) is 36.0 Å². The maximum Gasteiger partial charge on any atom is 0.318 e. The fourth-order valence-corrected chi connectivity index (χ4v) is 2.09. The topological polar surface area (TPSA) is 71.2 Å². The van der Waals surface area contributed by atoms with E-state index in [0.29, 0.717) is 11.9 Å². The Labute approximate surface area is 115 Å². The molecular weight excluding hydrogens is 268 g/mol. The number of anilines is 2. The third kappa shape index (κ3) is 2.60. The van der Waals surface area contributed by atoms with Gasteiger partial charge in [0.25, 0.3) is 0 Å². The minimum atomic E-state index is 0.241. The summed E-state index contributed by atoms with van der Waals surface area (Å²) in [5.41, 5.74) is 0. The molecule has 3 rings (SSSR count). The average molecular weight is 281 g/mol. The molecule has 100 valence electrons. The van der Waals surface area contributed by atoms with Crippen molar-refractivity contribution in [2.24, 2.45) is 0 Å². The molecule has 1 aliphatic rings. The summed E-state index contributed by atoms with van der Waals surface area (Å²) in [7, 11) is 0. The molecule has 0 radical (unpaired) electrons. The Morgan fingerprint density at radius 3 is 2.37 bits per heavy atom. The summed E-state index contributed by atoms with van der Waals surface area (Å²) in [5.74, 6) is 1.45. The van der Waals surface area contributed by atoms with Crippen LogP contribution >= 0.6 is 11.6 Å². The molecule has 8 heteroatoms. The van der Waals surface area contributed by atoms with E-state index in [2.05, 4.69) is 25.1 Å². The van der Waals surface area contributed by atoms with Crippen LogP contribution in [0.25, 0.3) is 0 Å². The Morgan fingerprint density at radius 2 is 1.74 bits per heavy atom. The highest BCUT2D eigenvalue weighted by Crippen LogP contribution is 2.17. The predicted molar refractivity (Wildman–Crippen MR) is 70.3 cm³/mol. The van der Waals surface area contributed by atoms with Crippen LogP contribution in [0.15, 0.2) is 22.9 Å². The van der Waals surface area contributed by atoms with E-state index >= 15 is 0 Å². The van der Waals surface area contributed by atoms with Crippen molar-refractivity contribution in [1.82, 2.24) is 20.2 Å². The smallest absolute Gasteiger partial charge is 0.318 e. The van der Waals surface area contributed by atoms with Crippen LogP contribution in [0.3, 0.4) is 0 Å². The van der Waals surface area contributed by atoms with Gasteiger partial charge in [-0.05, 0) is 6.07 Å². The second kappa shape index (κ2) is 5.40. The third-order valence-electron chi connectivity index (χ3n) is 2.96.